The van der Waals surface area contributed by atoms with E-state index in [0.29, 0.717) is 0 Å². The lowest BCUT2D eigenvalue weighted by Crippen LogP contribution is -2.41. The summed E-state index contributed by atoms with van der Waals surface area (Å²) in [7, 11) is 0. The Morgan fingerprint density at radius 2 is 1.71 bits per heavy atom. The van der Waals surface area contributed by atoms with Crippen LogP contribution >= 0.6 is 0 Å². The number of amides is 1. The fourth-order valence-corrected chi connectivity index (χ4v) is 2.91. The van der Waals surface area contributed by atoms with E-state index in [4.69, 9.17) is 9.47 Å². The first-order valence-electron chi connectivity index (χ1n) is 8.96. The van der Waals surface area contributed by atoms with Crippen molar-refractivity contribution in [2.24, 2.45) is 0 Å². The second kappa shape index (κ2) is 7.84. The molecule has 1 aliphatic carbocycles. The van der Waals surface area contributed by atoms with Crippen molar-refractivity contribution >= 4 is 18.1 Å². The maximum absolute atomic E-state index is 13.1. The number of hydrogen-bond acceptors (Lipinski definition) is 4. The molecule has 5 nitrogen and oxygen atoms in total. The van der Waals surface area contributed by atoms with Crippen molar-refractivity contribution in [3.8, 4) is 0 Å². The first-order valence-corrected chi connectivity index (χ1v) is 8.96. The molecule has 146 valence electrons. The summed E-state index contributed by atoms with van der Waals surface area (Å²) in [5.41, 5.74) is 1.30. The molecule has 2 aromatic carbocycles. The quantitative estimate of drug-likeness (QED) is 0.784. The summed E-state index contributed by atoms with van der Waals surface area (Å²) in [5, 5.41) is 2.80. The maximum Gasteiger partial charge on any atom is 0.408 e. The Labute approximate surface area is 163 Å². The molecule has 1 aliphatic rings. The highest BCUT2D eigenvalue weighted by molar-refractivity contribution is 5.89. The number of carbonyl (C=O) groups is 2. The molecular formula is C22H22FNO4. The third-order valence-corrected chi connectivity index (χ3v) is 4.12. The van der Waals surface area contributed by atoms with E-state index < -0.39 is 35.6 Å². The number of carbonyl (C=O) groups excluding carboxylic acids is 2. The standard InChI is InChI=1S/C22H22FNO4/c1-22(2,3)28-21(26)24-19-17-7-5-4-6-14(17)10-13-18(19)27-20(25)15-8-11-16(23)12-9-15/h4-13,18-19H,1-3H3,(H,24,26)/t18-,19-/m0/s1. The number of esters is 1. The van der Waals surface area contributed by atoms with Gasteiger partial charge in [0.25, 0.3) is 0 Å². The van der Waals surface area contributed by atoms with Crippen LogP contribution in [0, 0.1) is 5.82 Å². The van der Waals surface area contributed by atoms with Gasteiger partial charge in [0.1, 0.15) is 17.5 Å². The lowest BCUT2D eigenvalue weighted by Gasteiger charge is -2.31. The van der Waals surface area contributed by atoms with Crippen LogP contribution in [0.2, 0.25) is 0 Å². The number of halogens is 1. The van der Waals surface area contributed by atoms with Gasteiger partial charge in [-0.1, -0.05) is 30.3 Å². The first kappa shape index (κ1) is 19.6. The summed E-state index contributed by atoms with van der Waals surface area (Å²) < 4.78 is 24.0. The third kappa shape index (κ3) is 4.76. The second-order valence-corrected chi connectivity index (χ2v) is 7.49. The predicted molar refractivity (Wildman–Crippen MR) is 103 cm³/mol. The van der Waals surface area contributed by atoms with Crippen LogP contribution in [0.4, 0.5) is 9.18 Å². The van der Waals surface area contributed by atoms with Gasteiger partial charge in [0.05, 0.1) is 11.6 Å². The number of rotatable bonds is 3. The zero-order valence-electron chi connectivity index (χ0n) is 15.9. The van der Waals surface area contributed by atoms with Crippen molar-refractivity contribution in [2.45, 2.75) is 38.5 Å². The van der Waals surface area contributed by atoms with E-state index in [9.17, 15) is 14.0 Å². The van der Waals surface area contributed by atoms with Crippen molar-refractivity contribution in [1.82, 2.24) is 5.32 Å². The van der Waals surface area contributed by atoms with Gasteiger partial charge in [-0.15, -0.1) is 0 Å². The molecule has 1 N–H and O–H groups in total. The molecule has 0 fully saturated rings. The molecule has 0 aliphatic heterocycles. The number of hydrogen-bond donors (Lipinski definition) is 1. The molecule has 0 radical (unpaired) electrons. The molecule has 2 atom stereocenters. The van der Waals surface area contributed by atoms with E-state index in [1.54, 1.807) is 26.8 Å². The van der Waals surface area contributed by atoms with Crippen LogP contribution in [0.15, 0.2) is 54.6 Å². The van der Waals surface area contributed by atoms with Crippen LogP contribution in [0.3, 0.4) is 0 Å². The maximum atomic E-state index is 13.1. The third-order valence-electron chi connectivity index (χ3n) is 4.12. The molecule has 6 heteroatoms. The molecule has 0 saturated heterocycles. The van der Waals surface area contributed by atoms with Gasteiger partial charge >= 0.3 is 12.1 Å². The number of benzene rings is 2. The highest BCUT2D eigenvalue weighted by Gasteiger charge is 2.32. The van der Waals surface area contributed by atoms with E-state index in [2.05, 4.69) is 5.32 Å². The first-order chi connectivity index (χ1) is 13.2. The molecule has 0 saturated carbocycles. The summed E-state index contributed by atoms with van der Waals surface area (Å²) in [4.78, 5) is 24.8. The van der Waals surface area contributed by atoms with E-state index in [0.717, 1.165) is 11.1 Å². The predicted octanol–water partition coefficient (Wildman–Crippen LogP) is 4.64. The zero-order chi connectivity index (χ0) is 20.3. The van der Waals surface area contributed by atoms with Crippen molar-refractivity contribution in [1.29, 1.82) is 0 Å². The van der Waals surface area contributed by atoms with Crippen molar-refractivity contribution in [2.75, 3.05) is 0 Å². The number of alkyl carbamates (subject to hydrolysis) is 1. The Kier molecular flexibility index (Phi) is 5.49. The van der Waals surface area contributed by atoms with Crippen molar-refractivity contribution in [3.63, 3.8) is 0 Å². The largest absolute Gasteiger partial charge is 0.452 e. The lowest BCUT2D eigenvalue weighted by atomic mass is 9.91. The zero-order valence-corrected chi connectivity index (χ0v) is 15.9. The van der Waals surface area contributed by atoms with E-state index in [-0.39, 0.29) is 5.56 Å². The summed E-state index contributed by atoms with van der Waals surface area (Å²) in [6, 6.07) is 12.0. The SMILES string of the molecule is CC(C)(C)OC(=O)N[C@H]1c2ccccc2C=C[C@@H]1OC(=O)c1ccc(F)cc1. The summed E-state index contributed by atoms with van der Waals surface area (Å²) >= 11 is 0. The molecule has 2 aromatic rings. The molecular weight excluding hydrogens is 361 g/mol. The Morgan fingerprint density at radius 1 is 1.04 bits per heavy atom. The minimum Gasteiger partial charge on any atom is -0.452 e. The highest BCUT2D eigenvalue weighted by atomic mass is 19.1. The Hall–Kier alpha value is -3.15. The topological polar surface area (TPSA) is 64.6 Å². The van der Waals surface area contributed by atoms with Crippen LogP contribution < -0.4 is 5.32 Å². The average molecular weight is 383 g/mol. The molecule has 0 aromatic heterocycles. The van der Waals surface area contributed by atoms with E-state index in [1.807, 2.05) is 30.3 Å². The Balaban J connectivity index is 1.83. The van der Waals surface area contributed by atoms with Crippen LogP contribution in [0.1, 0.15) is 48.3 Å². The fraction of sp³-hybridized carbons (Fsp3) is 0.273. The molecule has 1 amide bonds. The summed E-state index contributed by atoms with van der Waals surface area (Å²) in [6.07, 6.45) is 2.21. The molecule has 0 heterocycles. The van der Waals surface area contributed by atoms with E-state index in [1.165, 1.54) is 24.3 Å². The summed E-state index contributed by atoms with van der Waals surface area (Å²) in [6.45, 7) is 5.31. The molecule has 28 heavy (non-hydrogen) atoms. The minimum absolute atomic E-state index is 0.227. The molecule has 0 bridgehead atoms. The monoisotopic (exact) mass is 383 g/mol. The van der Waals surface area contributed by atoms with Gasteiger partial charge in [-0.3, -0.25) is 0 Å². The highest BCUT2D eigenvalue weighted by Crippen LogP contribution is 2.30. The van der Waals surface area contributed by atoms with Crippen molar-refractivity contribution < 1.29 is 23.5 Å². The van der Waals surface area contributed by atoms with Gasteiger partial charge in [0, 0.05) is 0 Å². The van der Waals surface area contributed by atoms with Crippen LogP contribution in [-0.2, 0) is 9.47 Å². The number of ether oxygens (including phenoxy) is 2. The minimum atomic E-state index is -0.736. The van der Waals surface area contributed by atoms with Gasteiger partial charge in [-0.2, -0.15) is 0 Å². The van der Waals surface area contributed by atoms with Gasteiger partial charge in [-0.25, -0.2) is 14.0 Å². The van der Waals surface area contributed by atoms with Gasteiger partial charge in [0.15, 0.2) is 0 Å². The fourth-order valence-electron chi connectivity index (χ4n) is 2.91. The summed E-state index contributed by atoms with van der Waals surface area (Å²) in [5.74, 6) is -1.04. The molecule has 0 unspecified atom stereocenters. The van der Waals surface area contributed by atoms with Gasteiger partial charge in [0.2, 0.25) is 0 Å². The lowest BCUT2D eigenvalue weighted by molar-refractivity contribution is 0.0241. The number of fused-ring (bicyclic) bond motifs is 1. The van der Waals surface area contributed by atoms with Gasteiger partial charge in [-0.05, 0) is 62.2 Å². The van der Waals surface area contributed by atoms with Crippen LogP contribution in [-0.4, -0.2) is 23.8 Å². The van der Waals surface area contributed by atoms with Crippen LogP contribution in [0.5, 0.6) is 0 Å². The normalized spacial score (nSPS) is 18.1. The van der Waals surface area contributed by atoms with Crippen molar-refractivity contribution in [3.05, 3.63) is 77.1 Å². The Bertz CT molecular complexity index is 899. The molecule has 0 spiro atoms. The smallest absolute Gasteiger partial charge is 0.408 e. The molecule has 3 rings (SSSR count). The van der Waals surface area contributed by atoms with Crippen LogP contribution in [0.25, 0.3) is 6.08 Å². The van der Waals surface area contributed by atoms with Gasteiger partial charge < -0.3 is 14.8 Å². The second-order valence-electron chi connectivity index (χ2n) is 7.49. The number of nitrogens with one attached hydrogen (secondary N) is 1. The Morgan fingerprint density at radius 3 is 2.39 bits per heavy atom. The average Bonchev–Trinajstić information content (AvgIpc) is 2.62. The van der Waals surface area contributed by atoms with E-state index >= 15 is 0 Å².